The number of hydrazone groups is 1. The van der Waals surface area contributed by atoms with E-state index >= 15 is 0 Å². The van der Waals surface area contributed by atoms with Crippen LogP contribution in [0, 0.1) is 0 Å². The van der Waals surface area contributed by atoms with E-state index < -0.39 is 0 Å². The summed E-state index contributed by atoms with van der Waals surface area (Å²) in [6.45, 7) is 6.28. The Balaban J connectivity index is 1.89. The van der Waals surface area contributed by atoms with Crippen LogP contribution in [0.1, 0.15) is 31.9 Å². The summed E-state index contributed by atoms with van der Waals surface area (Å²) < 4.78 is 15.9. The molecule has 1 N–H and O–H groups in total. The van der Waals surface area contributed by atoms with Gasteiger partial charge in [0, 0.05) is 0 Å². The van der Waals surface area contributed by atoms with Crippen molar-refractivity contribution in [2.75, 3.05) is 20.8 Å². The monoisotopic (exact) mass is 404 g/mol. The first-order valence-electron chi connectivity index (χ1n) is 8.71. The van der Waals surface area contributed by atoms with Gasteiger partial charge in [-0.25, -0.2) is 5.43 Å². The van der Waals surface area contributed by atoms with Crippen LogP contribution in [0.15, 0.2) is 41.5 Å². The standard InChI is InChI=1S/C21H25ClN2O4/c1-21(2,3)15-6-8-16(9-7-15)28-13-19(25)24-23-12-14-10-17(22)20(27-5)18(11-14)26-4/h6-12H,13H2,1-5H3,(H,24,25)/b23-12-. The van der Waals surface area contributed by atoms with Crippen molar-refractivity contribution in [3.8, 4) is 17.2 Å². The molecule has 6 nitrogen and oxygen atoms in total. The average Bonchev–Trinajstić information content (AvgIpc) is 2.65. The number of hydrogen-bond donors (Lipinski definition) is 1. The van der Waals surface area contributed by atoms with Crippen molar-refractivity contribution in [2.45, 2.75) is 26.2 Å². The van der Waals surface area contributed by atoms with Gasteiger partial charge in [0.15, 0.2) is 18.1 Å². The van der Waals surface area contributed by atoms with E-state index in [1.807, 2.05) is 24.3 Å². The van der Waals surface area contributed by atoms with E-state index in [2.05, 4.69) is 31.3 Å². The van der Waals surface area contributed by atoms with Gasteiger partial charge in [-0.3, -0.25) is 4.79 Å². The number of halogens is 1. The van der Waals surface area contributed by atoms with E-state index in [-0.39, 0.29) is 17.9 Å². The van der Waals surface area contributed by atoms with Crippen LogP contribution in [0.5, 0.6) is 17.2 Å². The van der Waals surface area contributed by atoms with E-state index in [1.54, 1.807) is 12.1 Å². The normalized spacial score (nSPS) is 11.4. The number of amides is 1. The van der Waals surface area contributed by atoms with Crippen molar-refractivity contribution in [1.29, 1.82) is 0 Å². The molecule has 0 aliphatic rings. The number of rotatable bonds is 7. The SMILES string of the molecule is COc1cc(/C=N\NC(=O)COc2ccc(C(C)(C)C)cc2)cc(Cl)c1OC. The zero-order valence-corrected chi connectivity index (χ0v) is 17.5. The number of ether oxygens (including phenoxy) is 3. The van der Waals surface area contributed by atoms with Crippen LogP contribution >= 0.6 is 11.6 Å². The molecular formula is C21H25ClN2O4. The molecule has 0 fully saturated rings. The van der Waals surface area contributed by atoms with Crippen molar-refractivity contribution in [2.24, 2.45) is 5.10 Å². The van der Waals surface area contributed by atoms with Crippen molar-refractivity contribution >= 4 is 23.7 Å². The molecule has 0 unspecified atom stereocenters. The lowest BCUT2D eigenvalue weighted by Gasteiger charge is -2.19. The van der Waals surface area contributed by atoms with Crippen LogP contribution in [0.2, 0.25) is 5.02 Å². The summed E-state index contributed by atoms with van der Waals surface area (Å²) in [6, 6.07) is 11.0. The lowest BCUT2D eigenvalue weighted by atomic mass is 9.87. The Kier molecular flexibility index (Phi) is 7.29. The average molecular weight is 405 g/mol. The molecule has 0 saturated heterocycles. The molecule has 2 rings (SSSR count). The molecule has 0 heterocycles. The number of hydrogen-bond acceptors (Lipinski definition) is 5. The second kappa shape index (κ2) is 9.46. The highest BCUT2D eigenvalue weighted by Crippen LogP contribution is 2.35. The summed E-state index contributed by atoms with van der Waals surface area (Å²) in [5, 5.41) is 4.30. The third-order valence-corrected chi connectivity index (χ3v) is 4.23. The third-order valence-electron chi connectivity index (χ3n) is 3.95. The maximum absolute atomic E-state index is 11.9. The van der Waals surface area contributed by atoms with E-state index in [0.717, 1.165) is 0 Å². The lowest BCUT2D eigenvalue weighted by molar-refractivity contribution is -0.123. The molecule has 2 aromatic rings. The molecule has 2 aromatic carbocycles. The molecule has 0 saturated carbocycles. The second-order valence-corrected chi connectivity index (χ2v) is 7.50. The first-order valence-corrected chi connectivity index (χ1v) is 9.09. The molecule has 0 spiro atoms. The van der Waals surface area contributed by atoms with Crippen LogP contribution in [0.4, 0.5) is 0 Å². The quantitative estimate of drug-likeness (QED) is 0.555. The summed E-state index contributed by atoms with van der Waals surface area (Å²) >= 11 is 6.14. The molecule has 150 valence electrons. The Hall–Kier alpha value is -2.73. The van der Waals surface area contributed by atoms with Gasteiger partial charge in [0.1, 0.15) is 5.75 Å². The minimum absolute atomic E-state index is 0.0671. The minimum atomic E-state index is -0.372. The first kappa shape index (κ1) is 21.6. The highest BCUT2D eigenvalue weighted by atomic mass is 35.5. The van der Waals surface area contributed by atoms with Crippen molar-refractivity contribution < 1.29 is 19.0 Å². The Bertz CT molecular complexity index is 843. The number of benzene rings is 2. The number of carbonyl (C=O) groups excluding carboxylic acids is 1. The van der Waals surface area contributed by atoms with Gasteiger partial charge >= 0.3 is 0 Å². The molecule has 0 aliphatic heterocycles. The molecule has 0 bridgehead atoms. The van der Waals surface area contributed by atoms with Crippen LogP contribution in [-0.4, -0.2) is 32.9 Å². The topological polar surface area (TPSA) is 69.2 Å². The first-order chi connectivity index (χ1) is 13.2. The van der Waals surface area contributed by atoms with Crippen LogP contribution < -0.4 is 19.6 Å². The highest BCUT2D eigenvalue weighted by molar-refractivity contribution is 6.32. The van der Waals surface area contributed by atoms with Crippen molar-refractivity contribution in [1.82, 2.24) is 5.43 Å². The predicted molar refractivity (Wildman–Crippen MR) is 111 cm³/mol. The van der Waals surface area contributed by atoms with Crippen LogP contribution in [0.25, 0.3) is 0 Å². The fourth-order valence-electron chi connectivity index (χ4n) is 2.42. The molecular weight excluding hydrogens is 380 g/mol. The largest absolute Gasteiger partial charge is 0.493 e. The van der Waals surface area contributed by atoms with Crippen molar-refractivity contribution in [3.63, 3.8) is 0 Å². The Morgan fingerprint density at radius 3 is 2.39 bits per heavy atom. The van der Waals surface area contributed by atoms with Gasteiger partial charge in [0.2, 0.25) is 0 Å². The fourth-order valence-corrected chi connectivity index (χ4v) is 2.72. The van der Waals surface area contributed by atoms with Gasteiger partial charge in [-0.15, -0.1) is 0 Å². The summed E-state index contributed by atoms with van der Waals surface area (Å²) in [5.74, 6) is 1.17. The summed E-state index contributed by atoms with van der Waals surface area (Å²) in [4.78, 5) is 11.9. The highest BCUT2D eigenvalue weighted by Gasteiger charge is 2.13. The molecule has 28 heavy (non-hydrogen) atoms. The number of nitrogens with one attached hydrogen (secondary N) is 1. The predicted octanol–water partition coefficient (Wildman–Crippen LogP) is 4.18. The van der Waals surface area contributed by atoms with Crippen LogP contribution in [0.3, 0.4) is 0 Å². The minimum Gasteiger partial charge on any atom is -0.493 e. The van der Waals surface area contributed by atoms with E-state index in [9.17, 15) is 4.79 Å². The zero-order chi connectivity index (χ0) is 20.7. The molecule has 7 heteroatoms. The number of carbonyl (C=O) groups is 1. The van der Waals surface area contributed by atoms with Gasteiger partial charge in [-0.1, -0.05) is 44.5 Å². The molecule has 0 aliphatic carbocycles. The molecule has 1 amide bonds. The molecule has 0 radical (unpaired) electrons. The third kappa shape index (κ3) is 5.89. The Morgan fingerprint density at radius 1 is 1.14 bits per heavy atom. The smallest absolute Gasteiger partial charge is 0.277 e. The van der Waals surface area contributed by atoms with E-state index in [1.165, 1.54) is 26.0 Å². The Morgan fingerprint density at radius 2 is 1.82 bits per heavy atom. The number of methoxy groups -OCH3 is 2. The number of nitrogens with zero attached hydrogens (tertiary/aromatic N) is 1. The summed E-state index contributed by atoms with van der Waals surface area (Å²) in [5.41, 5.74) is 4.33. The fraction of sp³-hybridized carbons (Fsp3) is 0.333. The van der Waals surface area contributed by atoms with Gasteiger partial charge in [-0.05, 0) is 40.8 Å². The summed E-state index contributed by atoms with van der Waals surface area (Å²) in [6.07, 6.45) is 1.46. The lowest BCUT2D eigenvalue weighted by Crippen LogP contribution is -2.24. The van der Waals surface area contributed by atoms with Crippen molar-refractivity contribution in [3.05, 3.63) is 52.5 Å². The summed E-state index contributed by atoms with van der Waals surface area (Å²) in [7, 11) is 3.02. The zero-order valence-electron chi connectivity index (χ0n) is 16.7. The van der Waals surface area contributed by atoms with E-state index in [4.69, 9.17) is 25.8 Å². The molecule has 0 atom stereocenters. The van der Waals surface area contributed by atoms with Gasteiger partial charge in [0.25, 0.3) is 5.91 Å². The van der Waals surface area contributed by atoms with Gasteiger partial charge in [0.05, 0.1) is 25.5 Å². The van der Waals surface area contributed by atoms with E-state index in [0.29, 0.717) is 27.8 Å². The maximum Gasteiger partial charge on any atom is 0.277 e. The second-order valence-electron chi connectivity index (χ2n) is 7.09. The van der Waals surface area contributed by atoms with Gasteiger partial charge in [-0.2, -0.15) is 5.10 Å². The maximum atomic E-state index is 11.9. The van der Waals surface area contributed by atoms with Crippen LogP contribution in [-0.2, 0) is 10.2 Å². The van der Waals surface area contributed by atoms with Gasteiger partial charge < -0.3 is 14.2 Å². The molecule has 0 aromatic heterocycles. The Labute approximate surface area is 170 Å².